The van der Waals surface area contributed by atoms with Crippen LogP contribution in [-0.4, -0.2) is 21.8 Å². The summed E-state index contributed by atoms with van der Waals surface area (Å²) in [5.74, 6) is 0.253. The van der Waals surface area contributed by atoms with Gasteiger partial charge in [0.05, 0.1) is 5.56 Å². The van der Waals surface area contributed by atoms with Crippen molar-refractivity contribution < 1.29 is 14.0 Å². The normalized spacial score (nSPS) is 10.9. The highest BCUT2D eigenvalue weighted by Crippen LogP contribution is 2.24. The Kier molecular flexibility index (Phi) is 5.26. The second-order valence-corrected chi connectivity index (χ2v) is 7.12. The van der Waals surface area contributed by atoms with Crippen molar-refractivity contribution in [2.75, 3.05) is 10.6 Å². The molecule has 0 saturated heterocycles. The zero-order valence-electron chi connectivity index (χ0n) is 16.5. The first-order valence-electron chi connectivity index (χ1n) is 9.53. The molecule has 0 radical (unpaired) electrons. The molecule has 7 nitrogen and oxygen atoms in total. The Hall–Kier alpha value is -4.00. The largest absolute Gasteiger partial charge is 0.440 e. The van der Waals surface area contributed by atoms with Crippen LogP contribution in [0.1, 0.15) is 46.4 Å². The summed E-state index contributed by atoms with van der Waals surface area (Å²) in [6.45, 7) is 4.01. The minimum absolute atomic E-state index is 0.181. The van der Waals surface area contributed by atoms with Crippen molar-refractivity contribution in [2.45, 2.75) is 19.8 Å². The molecule has 0 unspecified atom stereocenters. The third kappa shape index (κ3) is 4.20. The number of carbonyl (C=O) groups excluding carboxylic acids is 2. The fourth-order valence-corrected chi connectivity index (χ4v) is 2.91. The lowest BCUT2D eigenvalue weighted by molar-refractivity contribution is 0.101. The van der Waals surface area contributed by atoms with Gasteiger partial charge in [-0.1, -0.05) is 19.9 Å². The van der Waals surface area contributed by atoms with Gasteiger partial charge in [0.15, 0.2) is 11.5 Å². The summed E-state index contributed by atoms with van der Waals surface area (Å²) in [6, 6.07) is 15.4. The number of pyridine rings is 1. The highest BCUT2D eigenvalue weighted by Gasteiger charge is 2.12. The molecular formula is C23H20N4O3. The van der Waals surface area contributed by atoms with Gasteiger partial charge in [0.25, 0.3) is 11.8 Å². The molecule has 4 rings (SSSR count). The zero-order chi connectivity index (χ0) is 21.1. The fraction of sp³-hybridized carbons (Fsp3) is 0.130. The van der Waals surface area contributed by atoms with Crippen LogP contribution in [0.15, 0.2) is 71.4 Å². The number of oxazole rings is 1. The number of anilines is 2. The van der Waals surface area contributed by atoms with E-state index in [1.807, 2.05) is 13.8 Å². The first-order chi connectivity index (χ1) is 14.5. The Morgan fingerprint density at radius 3 is 2.37 bits per heavy atom. The van der Waals surface area contributed by atoms with Crippen LogP contribution in [0, 0.1) is 0 Å². The van der Waals surface area contributed by atoms with Crippen molar-refractivity contribution >= 4 is 34.3 Å². The molecule has 0 aliphatic rings. The predicted molar refractivity (Wildman–Crippen MR) is 115 cm³/mol. The number of aromatic nitrogens is 2. The van der Waals surface area contributed by atoms with Crippen LogP contribution < -0.4 is 10.6 Å². The van der Waals surface area contributed by atoms with Crippen LogP contribution in [0.4, 0.5) is 11.4 Å². The maximum Gasteiger partial charge on any atom is 0.257 e. The van der Waals surface area contributed by atoms with Gasteiger partial charge >= 0.3 is 0 Å². The molecule has 4 aromatic rings. The molecule has 0 fully saturated rings. The molecule has 2 amide bonds. The van der Waals surface area contributed by atoms with Crippen LogP contribution in [0.5, 0.6) is 0 Å². The van der Waals surface area contributed by atoms with Crippen LogP contribution in [-0.2, 0) is 0 Å². The van der Waals surface area contributed by atoms with E-state index in [-0.39, 0.29) is 17.7 Å². The van der Waals surface area contributed by atoms with Crippen molar-refractivity contribution in [3.05, 3.63) is 84.0 Å². The van der Waals surface area contributed by atoms with Gasteiger partial charge in [-0.15, -0.1) is 0 Å². The van der Waals surface area contributed by atoms with Gasteiger partial charge in [0.2, 0.25) is 0 Å². The molecule has 150 valence electrons. The first kappa shape index (κ1) is 19.3. The Morgan fingerprint density at radius 1 is 0.900 bits per heavy atom. The third-order valence-electron chi connectivity index (χ3n) is 4.46. The summed E-state index contributed by atoms with van der Waals surface area (Å²) >= 11 is 0. The summed E-state index contributed by atoms with van der Waals surface area (Å²) in [6.07, 6.45) is 3.08. The monoisotopic (exact) mass is 400 g/mol. The molecular weight excluding hydrogens is 380 g/mol. The lowest BCUT2D eigenvalue weighted by Gasteiger charge is -2.08. The topological polar surface area (TPSA) is 97.1 Å². The summed E-state index contributed by atoms with van der Waals surface area (Å²) in [5, 5.41) is 5.63. The number of rotatable bonds is 5. The van der Waals surface area contributed by atoms with Crippen molar-refractivity contribution in [2.24, 2.45) is 0 Å². The summed E-state index contributed by atoms with van der Waals surface area (Å²) in [5.41, 5.74) is 3.35. The van der Waals surface area contributed by atoms with Crippen molar-refractivity contribution in [1.82, 2.24) is 9.97 Å². The molecule has 2 heterocycles. The summed E-state index contributed by atoms with van der Waals surface area (Å²) in [4.78, 5) is 33.4. The fourth-order valence-electron chi connectivity index (χ4n) is 2.91. The first-order valence-corrected chi connectivity index (χ1v) is 9.53. The number of hydrogen-bond acceptors (Lipinski definition) is 5. The highest BCUT2D eigenvalue weighted by molar-refractivity contribution is 6.07. The van der Waals surface area contributed by atoms with Gasteiger partial charge in [0, 0.05) is 35.2 Å². The third-order valence-corrected chi connectivity index (χ3v) is 4.46. The summed E-state index contributed by atoms with van der Waals surface area (Å²) in [7, 11) is 0. The van der Waals surface area contributed by atoms with Crippen molar-refractivity contribution in [3.8, 4) is 0 Å². The Morgan fingerprint density at radius 2 is 1.63 bits per heavy atom. The van der Waals surface area contributed by atoms with Gasteiger partial charge in [-0.05, 0) is 48.5 Å². The van der Waals surface area contributed by atoms with Gasteiger partial charge < -0.3 is 15.1 Å². The second kappa shape index (κ2) is 8.16. The Balaban J connectivity index is 1.49. The minimum atomic E-state index is -0.293. The van der Waals surface area contributed by atoms with E-state index in [1.54, 1.807) is 60.8 Å². The predicted octanol–water partition coefficient (Wildman–Crippen LogP) is 4.85. The van der Waals surface area contributed by atoms with Gasteiger partial charge in [0.1, 0.15) is 5.52 Å². The molecule has 0 saturated carbocycles. The average Bonchev–Trinajstić information content (AvgIpc) is 3.18. The highest BCUT2D eigenvalue weighted by atomic mass is 16.3. The molecule has 7 heteroatoms. The van der Waals surface area contributed by atoms with Crippen LogP contribution >= 0.6 is 0 Å². The number of hydrogen-bond donors (Lipinski definition) is 2. The number of benzene rings is 2. The van der Waals surface area contributed by atoms with E-state index in [4.69, 9.17) is 4.42 Å². The quantitative estimate of drug-likeness (QED) is 0.499. The number of amides is 2. The lowest BCUT2D eigenvalue weighted by Crippen LogP contribution is -2.14. The Labute approximate surface area is 173 Å². The van der Waals surface area contributed by atoms with Crippen LogP contribution in [0.2, 0.25) is 0 Å². The van der Waals surface area contributed by atoms with Gasteiger partial charge in [-0.25, -0.2) is 4.98 Å². The van der Waals surface area contributed by atoms with E-state index in [0.29, 0.717) is 39.5 Å². The maximum atomic E-state index is 12.7. The minimum Gasteiger partial charge on any atom is -0.440 e. The smallest absolute Gasteiger partial charge is 0.257 e. The second-order valence-electron chi connectivity index (χ2n) is 7.12. The summed E-state index contributed by atoms with van der Waals surface area (Å²) < 4.78 is 5.69. The zero-order valence-corrected chi connectivity index (χ0v) is 16.5. The van der Waals surface area contributed by atoms with Crippen molar-refractivity contribution in [1.29, 1.82) is 0 Å². The van der Waals surface area contributed by atoms with Gasteiger partial charge in [-0.2, -0.15) is 0 Å². The number of carbonyl (C=O) groups is 2. The molecule has 2 N–H and O–H groups in total. The number of fused-ring (bicyclic) bond motifs is 1. The molecule has 0 atom stereocenters. The number of nitrogens with zero attached hydrogens (tertiary/aromatic N) is 2. The molecule has 0 aliphatic carbocycles. The molecule has 30 heavy (non-hydrogen) atoms. The average molecular weight is 400 g/mol. The molecule has 0 bridgehead atoms. The van der Waals surface area contributed by atoms with E-state index < -0.39 is 0 Å². The SMILES string of the molecule is CC(C)c1nc2cc(NC(=O)c3cccc(NC(=O)c4cccnc4)c3)ccc2o1. The van der Waals surface area contributed by atoms with Crippen LogP contribution in [0.25, 0.3) is 11.1 Å². The van der Waals surface area contributed by atoms with E-state index in [1.165, 1.54) is 6.20 Å². The van der Waals surface area contributed by atoms with E-state index in [9.17, 15) is 9.59 Å². The van der Waals surface area contributed by atoms with Crippen molar-refractivity contribution in [3.63, 3.8) is 0 Å². The number of nitrogens with one attached hydrogen (secondary N) is 2. The van der Waals surface area contributed by atoms with E-state index in [2.05, 4.69) is 20.6 Å². The molecule has 2 aromatic heterocycles. The molecule has 0 aliphatic heterocycles. The van der Waals surface area contributed by atoms with E-state index >= 15 is 0 Å². The molecule has 2 aromatic carbocycles. The maximum absolute atomic E-state index is 12.7. The Bertz CT molecular complexity index is 1220. The molecule has 0 spiro atoms. The van der Waals surface area contributed by atoms with E-state index in [0.717, 1.165) is 0 Å². The van der Waals surface area contributed by atoms with Gasteiger partial charge in [-0.3, -0.25) is 14.6 Å². The standard InChI is InChI=1S/C23H20N4O3/c1-14(2)23-27-19-12-18(8-9-20(19)30-23)26-21(28)15-5-3-7-17(11-15)25-22(29)16-6-4-10-24-13-16/h3-14H,1-2H3,(H,25,29)(H,26,28). The lowest BCUT2D eigenvalue weighted by atomic mass is 10.1. The van der Waals surface area contributed by atoms with Crippen LogP contribution in [0.3, 0.4) is 0 Å².